The molecule has 0 aliphatic carbocycles. The Labute approximate surface area is 129 Å². The van der Waals surface area contributed by atoms with Crippen LogP contribution in [0.5, 0.6) is 5.75 Å². The zero-order valence-electron chi connectivity index (χ0n) is 13.6. The monoisotopic (exact) mass is 285 g/mol. The molecule has 0 N–H and O–H groups in total. The fourth-order valence-corrected chi connectivity index (χ4v) is 2.55. The zero-order chi connectivity index (χ0) is 15.8. The van der Waals surface area contributed by atoms with Crippen LogP contribution in [0, 0.1) is 0 Å². The van der Waals surface area contributed by atoms with Crippen LogP contribution in [0.25, 0.3) is 0 Å². The molecule has 0 unspecified atom stereocenters. The van der Waals surface area contributed by atoms with Crippen LogP contribution in [0.4, 0.5) is 5.69 Å². The maximum Gasteiger partial charge on any atom is 0.142 e. The lowest BCUT2D eigenvalue weighted by molar-refractivity contribution is 0.412. The molecule has 1 rings (SSSR count). The molecular formula is C19H27NO. The zero-order valence-corrected chi connectivity index (χ0v) is 13.6. The Hall–Kier alpha value is -1.96. The summed E-state index contributed by atoms with van der Waals surface area (Å²) in [4.78, 5) is 2.33. The molecule has 2 nitrogen and oxygen atoms in total. The molecule has 0 atom stereocenters. The Bertz CT molecular complexity index is 488. The van der Waals surface area contributed by atoms with Crippen molar-refractivity contribution in [2.45, 2.75) is 32.7 Å². The van der Waals surface area contributed by atoms with E-state index in [9.17, 15) is 0 Å². The molecule has 0 radical (unpaired) electrons. The number of para-hydroxylation sites is 2. The number of rotatable bonds is 9. The summed E-state index contributed by atoms with van der Waals surface area (Å²) in [6.07, 6.45) is 3.79. The third kappa shape index (κ3) is 5.14. The van der Waals surface area contributed by atoms with Gasteiger partial charge in [0.25, 0.3) is 0 Å². The molecule has 0 bridgehead atoms. The maximum absolute atomic E-state index is 5.51. The van der Waals surface area contributed by atoms with Gasteiger partial charge >= 0.3 is 0 Å². The van der Waals surface area contributed by atoms with Crippen molar-refractivity contribution in [3.05, 3.63) is 61.2 Å². The summed E-state index contributed by atoms with van der Waals surface area (Å²) in [6.45, 7) is 16.9. The number of benzene rings is 1. The van der Waals surface area contributed by atoms with Gasteiger partial charge in [0.1, 0.15) is 5.75 Å². The van der Waals surface area contributed by atoms with Gasteiger partial charge in [-0.25, -0.2) is 0 Å². The smallest absolute Gasteiger partial charge is 0.142 e. The van der Waals surface area contributed by atoms with Crippen molar-refractivity contribution in [3.8, 4) is 5.75 Å². The Morgan fingerprint density at radius 1 is 1.19 bits per heavy atom. The van der Waals surface area contributed by atoms with E-state index in [-0.39, 0.29) is 0 Å². The van der Waals surface area contributed by atoms with Gasteiger partial charge in [0, 0.05) is 12.6 Å². The lowest BCUT2D eigenvalue weighted by Gasteiger charge is -2.34. The SMILES string of the molecule is C=CCN(c1ccccc1OC)C(CC(=C)C)CC(=C)C. The number of hydrogen-bond acceptors (Lipinski definition) is 2. The lowest BCUT2D eigenvalue weighted by atomic mass is 9.99. The van der Waals surface area contributed by atoms with Crippen molar-refractivity contribution in [1.29, 1.82) is 0 Å². The van der Waals surface area contributed by atoms with Crippen molar-refractivity contribution in [2.75, 3.05) is 18.6 Å². The Morgan fingerprint density at radius 2 is 1.76 bits per heavy atom. The first kappa shape index (κ1) is 17.1. The maximum atomic E-state index is 5.51. The van der Waals surface area contributed by atoms with Crippen LogP contribution in [0.3, 0.4) is 0 Å². The van der Waals surface area contributed by atoms with Crippen LogP contribution in [-0.4, -0.2) is 19.7 Å². The summed E-state index contributed by atoms with van der Waals surface area (Å²) < 4.78 is 5.51. The molecule has 21 heavy (non-hydrogen) atoms. The van der Waals surface area contributed by atoms with Gasteiger partial charge in [0.2, 0.25) is 0 Å². The Balaban J connectivity index is 3.18. The van der Waals surface area contributed by atoms with Crippen LogP contribution in [0.15, 0.2) is 61.2 Å². The highest BCUT2D eigenvalue weighted by atomic mass is 16.5. The Morgan fingerprint density at radius 3 is 2.24 bits per heavy atom. The molecule has 0 spiro atoms. The Kier molecular flexibility index (Phi) is 6.80. The van der Waals surface area contributed by atoms with Crippen molar-refractivity contribution in [3.63, 3.8) is 0 Å². The average Bonchev–Trinajstić information content (AvgIpc) is 2.43. The predicted octanol–water partition coefficient (Wildman–Crippen LogP) is 4.99. The minimum atomic E-state index is 0.314. The predicted molar refractivity (Wildman–Crippen MR) is 93.2 cm³/mol. The van der Waals surface area contributed by atoms with Crippen LogP contribution in [0.1, 0.15) is 26.7 Å². The standard InChI is InChI=1S/C19H27NO/c1-7-12-20(17(13-15(2)3)14-16(4)5)18-10-8-9-11-19(18)21-6/h7-11,17H,1-2,4,12-14H2,3,5-6H3. The molecule has 0 aromatic heterocycles. The second-order valence-corrected chi connectivity index (χ2v) is 5.59. The summed E-state index contributed by atoms with van der Waals surface area (Å²) in [5.74, 6) is 0.882. The molecular weight excluding hydrogens is 258 g/mol. The highest BCUT2D eigenvalue weighted by Crippen LogP contribution is 2.32. The minimum Gasteiger partial charge on any atom is -0.495 e. The van der Waals surface area contributed by atoms with Crippen LogP contribution >= 0.6 is 0 Å². The molecule has 1 aromatic rings. The molecule has 0 saturated carbocycles. The minimum absolute atomic E-state index is 0.314. The summed E-state index contributed by atoms with van der Waals surface area (Å²) >= 11 is 0. The quantitative estimate of drug-likeness (QED) is 0.593. The van der Waals surface area contributed by atoms with Gasteiger partial charge < -0.3 is 9.64 Å². The summed E-state index contributed by atoms with van der Waals surface area (Å²) in [5, 5.41) is 0. The van der Waals surface area contributed by atoms with Crippen LogP contribution < -0.4 is 9.64 Å². The molecule has 0 saturated heterocycles. The molecule has 0 amide bonds. The van der Waals surface area contributed by atoms with Gasteiger partial charge in [-0.1, -0.05) is 29.4 Å². The van der Waals surface area contributed by atoms with E-state index in [4.69, 9.17) is 4.74 Å². The lowest BCUT2D eigenvalue weighted by Crippen LogP contribution is -2.36. The highest BCUT2D eigenvalue weighted by Gasteiger charge is 2.20. The highest BCUT2D eigenvalue weighted by molar-refractivity contribution is 5.59. The van der Waals surface area contributed by atoms with Crippen LogP contribution in [-0.2, 0) is 0 Å². The van der Waals surface area contributed by atoms with Gasteiger partial charge in [-0.2, -0.15) is 0 Å². The number of hydrogen-bond donors (Lipinski definition) is 0. The molecule has 1 aromatic carbocycles. The van der Waals surface area contributed by atoms with Crippen molar-refractivity contribution in [1.82, 2.24) is 0 Å². The van der Waals surface area contributed by atoms with E-state index in [1.807, 2.05) is 24.3 Å². The van der Waals surface area contributed by atoms with Crippen molar-refractivity contribution in [2.24, 2.45) is 0 Å². The van der Waals surface area contributed by atoms with Gasteiger partial charge in [0.15, 0.2) is 0 Å². The van der Waals surface area contributed by atoms with Gasteiger partial charge in [-0.3, -0.25) is 0 Å². The van der Waals surface area contributed by atoms with E-state index >= 15 is 0 Å². The van der Waals surface area contributed by atoms with E-state index < -0.39 is 0 Å². The molecule has 0 heterocycles. The first-order valence-electron chi connectivity index (χ1n) is 7.28. The first-order chi connectivity index (χ1) is 9.99. The summed E-state index contributed by atoms with van der Waals surface area (Å²) in [6, 6.07) is 8.42. The van der Waals surface area contributed by atoms with Crippen LogP contribution in [0.2, 0.25) is 0 Å². The molecule has 114 valence electrons. The number of methoxy groups -OCH3 is 1. The van der Waals surface area contributed by atoms with Gasteiger partial charge in [-0.15, -0.1) is 19.7 Å². The average molecular weight is 285 g/mol. The molecule has 0 aliphatic heterocycles. The fourth-order valence-electron chi connectivity index (χ4n) is 2.55. The van der Waals surface area contributed by atoms with E-state index in [1.54, 1.807) is 7.11 Å². The van der Waals surface area contributed by atoms with Gasteiger partial charge in [-0.05, 0) is 38.8 Å². The van der Waals surface area contributed by atoms with E-state index in [1.165, 1.54) is 11.1 Å². The van der Waals surface area contributed by atoms with E-state index in [2.05, 4.69) is 44.6 Å². The second-order valence-electron chi connectivity index (χ2n) is 5.59. The third-order valence-electron chi connectivity index (χ3n) is 3.33. The molecule has 0 fully saturated rings. The topological polar surface area (TPSA) is 12.5 Å². The molecule has 0 aliphatic rings. The second kappa shape index (κ2) is 8.35. The number of nitrogens with zero attached hydrogens (tertiary/aromatic N) is 1. The number of ether oxygens (including phenoxy) is 1. The summed E-state index contributed by atoms with van der Waals surface area (Å²) in [5.41, 5.74) is 3.43. The van der Waals surface area contributed by atoms with Crippen molar-refractivity contribution >= 4 is 5.69 Å². The summed E-state index contributed by atoms with van der Waals surface area (Å²) in [7, 11) is 1.71. The largest absolute Gasteiger partial charge is 0.495 e. The fraction of sp³-hybridized carbons (Fsp3) is 0.368. The van der Waals surface area contributed by atoms with Crippen molar-refractivity contribution < 1.29 is 4.74 Å². The third-order valence-corrected chi connectivity index (χ3v) is 3.33. The number of anilines is 1. The normalized spacial score (nSPS) is 10.3. The van der Waals surface area contributed by atoms with E-state index in [0.717, 1.165) is 30.8 Å². The molecule has 2 heteroatoms. The van der Waals surface area contributed by atoms with E-state index in [0.29, 0.717) is 6.04 Å². The first-order valence-corrected chi connectivity index (χ1v) is 7.28. The van der Waals surface area contributed by atoms with Gasteiger partial charge in [0.05, 0.1) is 12.8 Å².